The molecule has 2 aromatic heterocycles. The zero-order valence-electron chi connectivity index (χ0n) is 17.6. The van der Waals surface area contributed by atoms with Crippen LogP contribution in [0, 0.1) is 6.92 Å². The molecule has 5 rings (SSSR count). The Morgan fingerprint density at radius 1 is 1.22 bits per heavy atom. The van der Waals surface area contributed by atoms with Crippen molar-refractivity contribution in [3.05, 3.63) is 64.6 Å². The fourth-order valence-electron chi connectivity index (χ4n) is 3.88. The molecule has 0 unspecified atom stereocenters. The van der Waals surface area contributed by atoms with E-state index in [4.69, 9.17) is 11.6 Å². The lowest BCUT2D eigenvalue weighted by Gasteiger charge is -2.27. The van der Waals surface area contributed by atoms with Crippen LogP contribution in [0.2, 0.25) is 5.02 Å². The summed E-state index contributed by atoms with van der Waals surface area (Å²) in [5, 5.41) is 10.9. The lowest BCUT2D eigenvalue weighted by molar-refractivity contribution is -0.120. The van der Waals surface area contributed by atoms with Crippen molar-refractivity contribution < 1.29 is 9.59 Å². The number of carbonyl (C=O) groups is 2. The molecule has 32 heavy (non-hydrogen) atoms. The Morgan fingerprint density at radius 2 is 2.06 bits per heavy atom. The van der Waals surface area contributed by atoms with Gasteiger partial charge in [0, 0.05) is 24.0 Å². The van der Waals surface area contributed by atoms with Crippen molar-refractivity contribution in [3.63, 3.8) is 0 Å². The van der Waals surface area contributed by atoms with Crippen LogP contribution in [0.3, 0.4) is 0 Å². The maximum absolute atomic E-state index is 13.1. The van der Waals surface area contributed by atoms with Gasteiger partial charge in [0.1, 0.15) is 5.82 Å². The molecule has 2 N–H and O–H groups in total. The molecule has 0 radical (unpaired) electrons. The predicted molar refractivity (Wildman–Crippen MR) is 123 cm³/mol. The van der Waals surface area contributed by atoms with Gasteiger partial charge in [0.2, 0.25) is 5.91 Å². The Kier molecular flexibility index (Phi) is 5.30. The average molecular weight is 451 g/mol. The summed E-state index contributed by atoms with van der Waals surface area (Å²) in [4.78, 5) is 31.0. The number of hydrogen-bond donors (Lipinski definition) is 2. The molecule has 9 heteroatoms. The van der Waals surface area contributed by atoms with Crippen LogP contribution in [0.4, 0.5) is 11.5 Å². The Bertz CT molecular complexity index is 1190. The molecule has 3 aromatic rings. The molecule has 2 fully saturated rings. The smallest absolute Gasteiger partial charge is 0.259 e. The van der Waals surface area contributed by atoms with Crippen molar-refractivity contribution >= 4 is 34.9 Å². The van der Waals surface area contributed by atoms with E-state index in [-0.39, 0.29) is 18.4 Å². The monoisotopic (exact) mass is 450 g/mol. The van der Waals surface area contributed by atoms with E-state index in [1.165, 1.54) is 0 Å². The van der Waals surface area contributed by atoms with Crippen LogP contribution >= 0.6 is 11.6 Å². The second kappa shape index (κ2) is 8.27. The van der Waals surface area contributed by atoms with Crippen LogP contribution < -0.4 is 15.5 Å². The van der Waals surface area contributed by atoms with Gasteiger partial charge < -0.3 is 15.5 Å². The summed E-state index contributed by atoms with van der Waals surface area (Å²) >= 11 is 6.31. The molecular formula is C23H23ClN6O2. The number of amides is 2. The highest BCUT2D eigenvalue weighted by Gasteiger charge is 2.33. The quantitative estimate of drug-likeness (QED) is 0.622. The first-order chi connectivity index (χ1) is 15.5. The number of nitrogens with one attached hydrogen (secondary N) is 2. The van der Waals surface area contributed by atoms with Gasteiger partial charge in [-0.3, -0.25) is 9.59 Å². The van der Waals surface area contributed by atoms with Crippen LogP contribution in [0.15, 0.2) is 42.7 Å². The molecule has 1 saturated heterocycles. The average Bonchev–Trinajstić information content (AvgIpc) is 3.53. The SMILES string of the molecule is Cc1ccc(-n2ncc(C(=O)Nc3ccc(N4CCNC(=O)C4)nc3)c2C2CC2)cc1Cl. The van der Waals surface area contributed by atoms with Gasteiger partial charge >= 0.3 is 0 Å². The van der Waals surface area contributed by atoms with Crippen molar-refractivity contribution in [3.8, 4) is 5.69 Å². The van der Waals surface area contributed by atoms with E-state index in [2.05, 4.69) is 20.7 Å². The molecule has 1 saturated carbocycles. The van der Waals surface area contributed by atoms with E-state index in [1.54, 1.807) is 18.5 Å². The summed E-state index contributed by atoms with van der Waals surface area (Å²) in [7, 11) is 0. The number of pyridine rings is 1. The molecule has 2 amide bonds. The Morgan fingerprint density at radius 3 is 2.75 bits per heavy atom. The third kappa shape index (κ3) is 4.05. The molecule has 8 nitrogen and oxygen atoms in total. The predicted octanol–water partition coefficient (Wildman–Crippen LogP) is 3.30. The Hall–Kier alpha value is -3.39. The molecule has 0 bridgehead atoms. The highest BCUT2D eigenvalue weighted by Crippen LogP contribution is 2.42. The zero-order valence-corrected chi connectivity index (χ0v) is 18.4. The number of piperazine rings is 1. The largest absolute Gasteiger partial charge is 0.353 e. The summed E-state index contributed by atoms with van der Waals surface area (Å²) < 4.78 is 1.82. The zero-order chi connectivity index (χ0) is 22.2. The topological polar surface area (TPSA) is 92.2 Å². The van der Waals surface area contributed by atoms with E-state index < -0.39 is 0 Å². The van der Waals surface area contributed by atoms with Crippen LogP contribution in [0.1, 0.15) is 40.4 Å². The van der Waals surface area contributed by atoms with Crippen LogP contribution in [-0.4, -0.2) is 46.2 Å². The number of carbonyl (C=O) groups excluding carboxylic acids is 2. The maximum Gasteiger partial charge on any atom is 0.259 e. The number of rotatable bonds is 5. The fraction of sp³-hybridized carbons (Fsp3) is 0.304. The minimum Gasteiger partial charge on any atom is -0.353 e. The minimum atomic E-state index is -0.219. The maximum atomic E-state index is 13.1. The highest BCUT2D eigenvalue weighted by molar-refractivity contribution is 6.31. The van der Waals surface area contributed by atoms with Crippen molar-refractivity contribution in [1.82, 2.24) is 20.1 Å². The number of benzene rings is 1. The summed E-state index contributed by atoms with van der Waals surface area (Å²) in [6, 6.07) is 9.41. The summed E-state index contributed by atoms with van der Waals surface area (Å²) in [5.41, 5.74) is 3.90. The first-order valence-corrected chi connectivity index (χ1v) is 11.0. The number of nitrogens with zero attached hydrogens (tertiary/aromatic N) is 4. The third-order valence-electron chi connectivity index (χ3n) is 5.78. The first kappa shape index (κ1) is 20.5. The fourth-order valence-corrected chi connectivity index (χ4v) is 4.06. The molecule has 1 aliphatic carbocycles. The number of aromatic nitrogens is 3. The van der Waals surface area contributed by atoms with Gasteiger partial charge in [0.05, 0.1) is 41.6 Å². The second-order valence-electron chi connectivity index (χ2n) is 8.19. The molecule has 2 aliphatic rings. The first-order valence-electron chi connectivity index (χ1n) is 10.6. The normalized spacial score (nSPS) is 16.1. The molecule has 3 heterocycles. The summed E-state index contributed by atoms with van der Waals surface area (Å²) in [6.07, 6.45) is 5.29. The number of aryl methyl sites for hydroxylation is 1. The molecule has 164 valence electrons. The van der Waals surface area contributed by atoms with E-state index in [9.17, 15) is 9.59 Å². The highest BCUT2D eigenvalue weighted by atomic mass is 35.5. The van der Waals surface area contributed by atoms with Gasteiger partial charge in [-0.25, -0.2) is 9.67 Å². The second-order valence-corrected chi connectivity index (χ2v) is 8.60. The summed E-state index contributed by atoms with van der Waals surface area (Å²) in [5.74, 6) is 0.780. The summed E-state index contributed by atoms with van der Waals surface area (Å²) in [6.45, 7) is 3.54. The third-order valence-corrected chi connectivity index (χ3v) is 6.19. The molecule has 1 aliphatic heterocycles. The van der Waals surface area contributed by atoms with Gasteiger partial charge in [-0.1, -0.05) is 17.7 Å². The van der Waals surface area contributed by atoms with Crippen LogP contribution in [0.5, 0.6) is 0 Å². The molecule has 1 aromatic carbocycles. The van der Waals surface area contributed by atoms with Crippen molar-refractivity contribution in [1.29, 1.82) is 0 Å². The molecular weight excluding hydrogens is 428 g/mol. The molecule has 0 spiro atoms. The number of anilines is 2. The Labute approximate surface area is 190 Å². The van der Waals surface area contributed by atoms with Crippen molar-refractivity contribution in [2.45, 2.75) is 25.7 Å². The van der Waals surface area contributed by atoms with Gasteiger partial charge in [-0.05, 0) is 49.6 Å². The van der Waals surface area contributed by atoms with Crippen molar-refractivity contribution in [2.75, 3.05) is 29.9 Å². The van der Waals surface area contributed by atoms with E-state index in [0.29, 0.717) is 41.1 Å². The lowest BCUT2D eigenvalue weighted by Crippen LogP contribution is -2.48. The Balaban J connectivity index is 1.36. The van der Waals surface area contributed by atoms with E-state index >= 15 is 0 Å². The van der Waals surface area contributed by atoms with Gasteiger partial charge in [0.15, 0.2) is 0 Å². The van der Waals surface area contributed by atoms with Crippen LogP contribution in [0.25, 0.3) is 5.69 Å². The number of hydrogen-bond acceptors (Lipinski definition) is 5. The van der Waals surface area contributed by atoms with E-state index in [1.807, 2.05) is 40.8 Å². The van der Waals surface area contributed by atoms with Crippen molar-refractivity contribution in [2.24, 2.45) is 0 Å². The number of halogens is 1. The standard InChI is InChI=1S/C23H23ClN6O2/c1-14-2-6-17(10-19(14)24)30-22(15-3-4-15)18(12-27-30)23(32)28-16-5-7-20(26-11-16)29-9-8-25-21(31)13-29/h2,5-7,10-12,15H,3-4,8-9,13H2,1H3,(H,25,31)(H,28,32). The lowest BCUT2D eigenvalue weighted by atomic mass is 10.1. The minimum absolute atomic E-state index is 0.0186. The van der Waals surface area contributed by atoms with E-state index in [0.717, 1.165) is 29.8 Å². The van der Waals surface area contributed by atoms with Gasteiger partial charge in [-0.15, -0.1) is 0 Å². The van der Waals surface area contributed by atoms with Gasteiger partial charge in [-0.2, -0.15) is 5.10 Å². The van der Waals surface area contributed by atoms with Crippen LogP contribution in [-0.2, 0) is 4.79 Å². The molecule has 0 atom stereocenters. The van der Waals surface area contributed by atoms with Gasteiger partial charge in [0.25, 0.3) is 5.91 Å².